The number of benzene rings is 2. The Bertz CT molecular complexity index is 2280. The monoisotopic (exact) mass is 899 g/mol. The second kappa shape index (κ2) is 19.4. The lowest BCUT2D eigenvalue weighted by molar-refractivity contribution is -0.137. The molecule has 2 aromatic carbocycles. The van der Waals surface area contributed by atoms with Gasteiger partial charge in [0.15, 0.2) is 0 Å². The van der Waals surface area contributed by atoms with Crippen LogP contribution in [0.4, 0.5) is 20.2 Å². The van der Waals surface area contributed by atoms with Crippen LogP contribution < -0.4 is 32.3 Å². The van der Waals surface area contributed by atoms with Crippen LogP contribution in [-0.2, 0) is 25.6 Å². The molecule has 0 bridgehead atoms. The molecule has 4 fully saturated rings. The third-order valence-corrected chi connectivity index (χ3v) is 14.0. The number of anilines is 2. The largest absolute Gasteiger partial charge is 0.404 e. The maximum atomic E-state index is 14.6. The van der Waals surface area contributed by atoms with Gasteiger partial charge in [0.05, 0.1) is 23.8 Å². The number of amides is 6. The first kappa shape index (κ1) is 45.8. The number of nitrogens with one attached hydrogen (secondary N) is 3. The highest BCUT2D eigenvalue weighted by Crippen LogP contribution is 2.39. The summed E-state index contributed by atoms with van der Waals surface area (Å²) in [6.07, 6.45) is 3.29. The smallest absolute Gasteiger partial charge is 0.264 e. The van der Waals surface area contributed by atoms with Crippen LogP contribution in [0.25, 0.3) is 5.57 Å². The number of likely N-dealkylation sites (tertiary alicyclic amines) is 3. The minimum absolute atomic E-state index is 0.0340. The summed E-state index contributed by atoms with van der Waals surface area (Å²) in [6, 6.07) is 7.38. The molecule has 6 aliphatic rings. The molecule has 7 N–H and O–H groups in total. The molecule has 348 valence electrons. The zero-order valence-corrected chi connectivity index (χ0v) is 36.9. The van der Waals surface area contributed by atoms with Gasteiger partial charge in [-0.25, -0.2) is 8.78 Å². The van der Waals surface area contributed by atoms with E-state index in [-0.39, 0.29) is 65.3 Å². The number of alkyl halides is 2. The van der Waals surface area contributed by atoms with Gasteiger partial charge in [-0.2, -0.15) is 0 Å². The van der Waals surface area contributed by atoms with Gasteiger partial charge < -0.3 is 36.8 Å². The number of nitrogens with two attached hydrogens (primary N) is 2. The van der Waals surface area contributed by atoms with Gasteiger partial charge >= 0.3 is 0 Å². The van der Waals surface area contributed by atoms with Gasteiger partial charge in [-0.3, -0.25) is 48.9 Å². The average Bonchev–Trinajstić information content (AvgIpc) is 3.54. The van der Waals surface area contributed by atoms with E-state index in [9.17, 15) is 37.5 Å². The lowest BCUT2D eigenvalue weighted by Crippen LogP contribution is -2.63. The minimum atomic E-state index is -2.75. The van der Waals surface area contributed by atoms with Crippen LogP contribution in [0.5, 0.6) is 0 Å². The molecule has 6 aliphatic heterocycles. The molecule has 8 rings (SSSR count). The number of allylic oxidation sites excluding steroid dienone is 1. The molecular weight excluding hydrogens is 841 g/mol. The number of imide groups is 2. The zero-order valence-electron chi connectivity index (χ0n) is 36.9. The number of carbonyl (C=O) groups excluding carboxylic acids is 6. The molecule has 19 heteroatoms. The molecule has 0 aliphatic carbocycles. The third kappa shape index (κ3) is 9.36. The van der Waals surface area contributed by atoms with Crippen molar-refractivity contribution in [2.45, 2.75) is 82.6 Å². The van der Waals surface area contributed by atoms with E-state index in [4.69, 9.17) is 11.5 Å². The molecule has 4 unspecified atom stereocenters. The Balaban J connectivity index is 0.832. The number of aryl methyl sites for hydroxylation is 1. The van der Waals surface area contributed by atoms with Crippen LogP contribution in [0.2, 0.25) is 0 Å². The molecule has 2 aromatic rings. The summed E-state index contributed by atoms with van der Waals surface area (Å²) in [4.78, 5) is 89.8. The average molecular weight is 900 g/mol. The van der Waals surface area contributed by atoms with Crippen LogP contribution in [-0.4, -0.2) is 151 Å². The highest BCUT2D eigenvalue weighted by Gasteiger charge is 2.46. The fourth-order valence-electron chi connectivity index (χ4n) is 10.6. The summed E-state index contributed by atoms with van der Waals surface area (Å²) in [6.45, 7) is 6.56. The molecule has 0 spiro atoms. The predicted octanol–water partition coefficient (Wildman–Crippen LogP) is 1.92. The van der Waals surface area contributed by atoms with E-state index in [1.165, 1.54) is 12.4 Å². The fourth-order valence-corrected chi connectivity index (χ4v) is 10.6. The Morgan fingerprint density at radius 2 is 1.72 bits per heavy atom. The van der Waals surface area contributed by atoms with Crippen molar-refractivity contribution in [2.24, 2.45) is 28.3 Å². The Labute approximate surface area is 376 Å². The van der Waals surface area contributed by atoms with Crippen molar-refractivity contribution in [3.05, 3.63) is 64.3 Å². The highest BCUT2D eigenvalue weighted by atomic mass is 19.3. The normalized spacial score (nSPS) is 24.1. The lowest BCUT2D eigenvalue weighted by Gasteiger charge is -2.48. The summed E-state index contributed by atoms with van der Waals surface area (Å²) < 4.78 is 29.2. The SMILES string of the molecule is CN=C/C(=C\N)c1cc2c(cc1C(F)F)N(C(N)C1CN(C(C)=O)CCC1NC1CCN(C(=O)CN3CC(CNc4cccc5c4C(=O)N(C4CCC(=O)NC4=O)C5=O)C3)CC1)CCC2. The van der Waals surface area contributed by atoms with Gasteiger partial charge in [0, 0.05) is 132 Å². The predicted molar refractivity (Wildman–Crippen MR) is 240 cm³/mol. The quantitative estimate of drug-likeness (QED) is 0.144. The number of hydrogen-bond donors (Lipinski definition) is 5. The van der Waals surface area contributed by atoms with Crippen molar-refractivity contribution in [1.82, 2.24) is 30.2 Å². The van der Waals surface area contributed by atoms with Gasteiger partial charge in [-0.05, 0) is 73.9 Å². The number of nitrogens with zero attached hydrogens (tertiary/aromatic N) is 6. The van der Waals surface area contributed by atoms with Crippen LogP contribution in [0.1, 0.15) is 89.3 Å². The Kier molecular flexibility index (Phi) is 13.6. The minimum Gasteiger partial charge on any atom is -0.404 e. The van der Waals surface area contributed by atoms with E-state index >= 15 is 0 Å². The van der Waals surface area contributed by atoms with Gasteiger partial charge in [0.2, 0.25) is 23.6 Å². The van der Waals surface area contributed by atoms with E-state index in [0.717, 1.165) is 29.7 Å². The number of rotatable bonds is 13. The molecule has 6 heterocycles. The number of piperidine rings is 3. The Hall–Kier alpha value is -5.79. The van der Waals surface area contributed by atoms with Crippen LogP contribution in [0.3, 0.4) is 0 Å². The molecule has 4 atom stereocenters. The van der Waals surface area contributed by atoms with E-state index in [1.54, 1.807) is 44.3 Å². The van der Waals surface area contributed by atoms with Crippen molar-refractivity contribution in [3.8, 4) is 0 Å². The first-order valence-electron chi connectivity index (χ1n) is 22.7. The van der Waals surface area contributed by atoms with Crippen molar-refractivity contribution in [1.29, 1.82) is 0 Å². The maximum Gasteiger partial charge on any atom is 0.264 e. The van der Waals surface area contributed by atoms with Gasteiger partial charge in [0.1, 0.15) is 6.04 Å². The zero-order chi connectivity index (χ0) is 46.1. The van der Waals surface area contributed by atoms with E-state index < -0.39 is 42.3 Å². The summed E-state index contributed by atoms with van der Waals surface area (Å²) in [5.74, 6) is -2.14. The standard InChI is InChI=1S/C46H59F2N11O6/c1-26(60)57-16-12-35(34(24-57)43(50)58-13-4-5-28-17-32(29(19-49)21-51-2)33(42(47)48)18-38(28)58)53-30-10-14-56(15-11-30)40(62)25-55-22-27(23-55)20-52-36-7-3-6-31-41(36)46(65)59(45(31)64)37-8-9-39(61)54-44(37)63/h3,6-7,17-19,21,27,30,34-35,37,42-43,52-53H,4-5,8-16,20,22-25,49-50H2,1-2H3,(H,54,61,63)/b29-19+,51-21?. The van der Waals surface area contributed by atoms with Crippen LogP contribution >= 0.6 is 0 Å². The molecular formula is C46H59F2N11O6. The van der Waals surface area contributed by atoms with E-state index in [1.807, 2.05) is 14.7 Å². The molecule has 0 radical (unpaired) electrons. The Morgan fingerprint density at radius 1 is 0.969 bits per heavy atom. The number of halogens is 2. The van der Waals surface area contributed by atoms with E-state index in [2.05, 4.69) is 25.8 Å². The molecule has 0 saturated carbocycles. The van der Waals surface area contributed by atoms with Crippen molar-refractivity contribution in [2.75, 3.05) is 76.2 Å². The lowest BCUT2D eigenvalue weighted by atomic mass is 9.85. The van der Waals surface area contributed by atoms with Crippen molar-refractivity contribution in [3.63, 3.8) is 0 Å². The summed E-state index contributed by atoms with van der Waals surface area (Å²) in [7, 11) is 1.57. The fraction of sp³-hybridized carbons (Fsp3) is 0.543. The van der Waals surface area contributed by atoms with Crippen molar-refractivity contribution >= 4 is 58.6 Å². The molecule has 4 saturated heterocycles. The van der Waals surface area contributed by atoms with Crippen LogP contribution in [0, 0.1) is 11.8 Å². The van der Waals surface area contributed by atoms with Gasteiger partial charge in [-0.15, -0.1) is 0 Å². The van der Waals surface area contributed by atoms with Crippen molar-refractivity contribution < 1.29 is 37.5 Å². The summed E-state index contributed by atoms with van der Waals surface area (Å²) >= 11 is 0. The number of aliphatic imine (C=N–C) groups is 1. The molecule has 0 aromatic heterocycles. The van der Waals surface area contributed by atoms with Crippen LogP contribution in [0.15, 0.2) is 41.5 Å². The summed E-state index contributed by atoms with van der Waals surface area (Å²) in [5.41, 5.74) is 16.2. The maximum absolute atomic E-state index is 14.6. The topological polar surface area (TPSA) is 219 Å². The first-order valence-corrected chi connectivity index (χ1v) is 22.7. The second-order valence-corrected chi connectivity index (χ2v) is 18.1. The summed E-state index contributed by atoms with van der Waals surface area (Å²) in [5, 5.41) is 9.40. The van der Waals surface area contributed by atoms with Gasteiger partial charge in [-0.1, -0.05) is 6.07 Å². The molecule has 6 amide bonds. The Morgan fingerprint density at radius 3 is 2.42 bits per heavy atom. The number of hydrogen-bond acceptors (Lipinski definition) is 13. The van der Waals surface area contributed by atoms with Gasteiger partial charge in [0.25, 0.3) is 18.2 Å². The molecule has 65 heavy (non-hydrogen) atoms. The first-order chi connectivity index (χ1) is 31.3. The van der Waals surface area contributed by atoms with E-state index in [0.29, 0.717) is 94.3 Å². The number of fused-ring (bicyclic) bond motifs is 2. The highest BCUT2D eigenvalue weighted by molar-refractivity contribution is 6.25. The molecule has 17 nitrogen and oxygen atoms in total. The third-order valence-electron chi connectivity index (χ3n) is 14.0. The number of carbonyl (C=O) groups is 6. The second-order valence-electron chi connectivity index (χ2n) is 18.1.